The quantitative estimate of drug-likeness (QED) is 0.410. The van der Waals surface area contributed by atoms with Crippen LogP contribution in [0.15, 0.2) is 60.7 Å². The molecule has 5 atom stereocenters. The highest BCUT2D eigenvalue weighted by Gasteiger charge is 2.47. The predicted molar refractivity (Wildman–Crippen MR) is 106 cm³/mol. The Kier molecular flexibility index (Phi) is 6.46. The Morgan fingerprint density at radius 3 is 1.81 bits per heavy atom. The number of carbonyl (C=O) groups excluding carboxylic acids is 2. The summed E-state index contributed by atoms with van der Waals surface area (Å²) < 4.78 is 16.2. The minimum Gasteiger partial charge on any atom is -0.453 e. The summed E-state index contributed by atoms with van der Waals surface area (Å²) in [5.74, 6) is -1.17. The Morgan fingerprint density at radius 1 is 0.889 bits per heavy atom. The molecule has 0 aliphatic carbocycles. The number of alkyl halides is 1. The van der Waals surface area contributed by atoms with E-state index in [1.165, 1.54) is 0 Å². The summed E-state index contributed by atoms with van der Waals surface area (Å²) in [5.41, 5.74) is 0.712. The Labute approximate surface area is 170 Å². The van der Waals surface area contributed by atoms with Crippen LogP contribution in [-0.4, -0.2) is 45.6 Å². The third kappa shape index (κ3) is 4.66. The number of benzene rings is 2. The predicted octanol–water partition coefficient (Wildman–Crippen LogP) is 2.98. The first kappa shape index (κ1) is 19.8. The molecule has 0 bridgehead atoms. The Morgan fingerprint density at radius 2 is 1.33 bits per heavy atom. The van der Waals surface area contributed by atoms with E-state index in [0.29, 0.717) is 11.1 Å². The van der Waals surface area contributed by atoms with E-state index in [1.54, 1.807) is 67.6 Å². The summed E-state index contributed by atoms with van der Waals surface area (Å²) in [6.07, 6.45) is -3.78. The van der Waals surface area contributed by atoms with Crippen LogP contribution >= 0.6 is 22.6 Å². The maximum absolute atomic E-state index is 12.5. The maximum Gasteiger partial charge on any atom is 0.338 e. The van der Waals surface area contributed by atoms with E-state index in [2.05, 4.69) is 22.6 Å². The smallest absolute Gasteiger partial charge is 0.338 e. The largest absolute Gasteiger partial charge is 0.453 e. The summed E-state index contributed by atoms with van der Waals surface area (Å²) in [6, 6.07) is 16.9. The summed E-state index contributed by atoms with van der Waals surface area (Å²) in [6.45, 7) is 1.76. The van der Waals surface area contributed by atoms with Crippen LogP contribution in [0, 0.1) is 0 Å². The number of hydrogen-bond donors (Lipinski definition) is 1. The normalized spacial score (nSPS) is 27.6. The highest BCUT2D eigenvalue weighted by atomic mass is 127. The molecule has 1 N–H and O–H groups in total. The average molecular weight is 482 g/mol. The molecule has 2 aromatic carbocycles. The van der Waals surface area contributed by atoms with Crippen molar-refractivity contribution in [3.05, 3.63) is 71.8 Å². The molecule has 3 rings (SSSR count). The Hall–Kier alpha value is -1.97. The van der Waals surface area contributed by atoms with Crippen LogP contribution in [0.3, 0.4) is 0 Å². The average Bonchev–Trinajstić information content (AvgIpc) is 2.69. The molecule has 0 amide bonds. The van der Waals surface area contributed by atoms with Gasteiger partial charge in [-0.1, -0.05) is 59.0 Å². The van der Waals surface area contributed by atoms with Crippen LogP contribution in [0.1, 0.15) is 27.6 Å². The van der Waals surface area contributed by atoms with Gasteiger partial charge >= 0.3 is 11.9 Å². The topological polar surface area (TPSA) is 82.1 Å². The van der Waals surface area contributed by atoms with E-state index >= 15 is 0 Å². The molecular weight excluding hydrogens is 463 g/mol. The van der Waals surface area contributed by atoms with E-state index in [-0.39, 0.29) is 10.0 Å². The van der Waals surface area contributed by atoms with Gasteiger partial charge in [-0.15, -0.1) is 0 Å². The second-order valence-electron chi connectivity index (χ2n) is 6.15. The fourth-order valence-electron chi connectivity index (χ4n) is 2.77. The monoisotopic (exact) mass is 482 g/mol. The van der Waals surface area contributed by atoms with Crippen molar-refractivity contribution in [1.29, 1.82) is 0 Å². The highest BCUT2D eigenvalue weighted by Crippen LogP contribution is 2.31. The first-order valence-corrected chi connectivity index (χ1v) is 9.71. The number of halogens is 1. The third-order valence-corrected chi connectivity index (χ3v) is 5.95. The molecule has 27 heavy (non-hydrogen) atoms. The van der Waals surface area contributed by atoms with Gasteiger partial charge < -0.3 is 19.3 Å². The van der Waals surface area contributed by atoms with Crippen LogP contribution in [0.25, 0.3) is 0 Å². The lowest BCUT2D eigenvalue weighted by atomic mass is 10.0. The van der Waals surface area contributed by atoms with Gasteiger partial charge in [-0.05, 0) is 31.2 Å². The standard InChI is InChI=1S/C20H19IO6/c1-12-15(21)16(26-18(22)13-8-4-2-5-9-13)17(20(24)25-12)27-19(23)14-10-6-3-7-11-14/h2-12,15-17,20,24H,1H3. The van der Waals surface area contributed by atoms with E-state index in [0.717, 1.165) is 0 Å². The molecule has 5 unspecified atom stereocenters. The molecule has 0 radical (unpaired) electrons. The highest BCUT2D eigenvalue weighted by molar-refractivity contribution is 14.1. The third-order valence-electron chi connectivity index (χ3n) is 4.23. The molecule has 1 aliphatic heterocycles. The molecule has 7 heteroatoms. The molecule has 142 valence electrons. The maximum atomic E-state index is 12.5. The molecule has 0 spiro atoms. The second-order valence-corrected chi connectivity index (χ2v) is 7.59. The van der Waals surface area contributed by atoms with E-state index in [9.17, 15) is 14.7 Å². The number of hydrogen-bond acceptors (Lipinski definition) is 6. The lowest BCUT2D eigenvalue weighted by Gasteiger charge is -2.40. The van der Waals surface area contributed by atoms with Crippen LogP contribution in [0.2, 0.25) is 0 Å². The van der Waals surface area contributed by atoms with Gasteiger partial charge in [-0.3, -0.25) is 0 Å². The number of ether oxygens (including phenoxy) is 3. The summed E-state index contributed by atoms with van der Waals surface area (Å²) >= 11 is 2.08. The van der Waals surface area contributed by atoms with Crippen molar-refractivity contribution in [2.75, 3.05) is 0 Å². The zero-order chi connectivity index (χ0) is 19.4. The molecule has 6 nitrogen and oxygen atoms in total. The molecule has 1 saturated heterocycles. The molecule has 2 aromatic rings. The van der Waals surface area contributed by atoms with E-state index in [4.69, 9.17) is 14.2 Å². The lowest BCUT2D eigenvalue weighted by Crippen LogP contribution is -2.57. The van der Waals surface area contributed by atoms with Crippen molar-refractivity contribution in [1.82, 2.24) is 0 Å². The van der Waals surface area contributed by atoms with Crippen LogP contribution in [0.5, 0.6) is 0 Å². The van der Waals surface area contributed by atoms with Crippen molar-refractivity contribution >= 4 is 34.5 Å². The SMILES string of the molecule is CC1OC(O)C(OC(=O)c2ccccc2)C(OC(=O)c2ccccc2)C1I. The van der Waals surface area contributed by atoms with Gasteiger partial charge in [-0.2, -0.15) is 0 Å². The number of carbonyl (C=O) groups is 2. The van der Waals surface area contributed by atoms with E-state index < -0.39 is 30.4 Å². The number of aliphatic hydroxyl groups is 1. The molecule has 1 fully saturated rings. The fraction of sp³-hybridized carbons (Fsp3) is 0.300. The van der Waals surface area contributed by atoms with Gasteiger partial charge in [0, 0.05) is 0 Å². The summed E-state index contributed by atoms with van der Waals surface area (Å²) in [7, 11) is 0. The first-order chi connectivity index (χ1) is 13.0. The van der Waals surface area contributed by atoms with Crippen LogP contribution in [0.4, 0.5) is 0 Å². The van der Waals surface area contributed by atoms with Gasteiger partial charge in [0.2, 0.25) is 0 Å². The zero-order valence-corrected chi connectivity index (χ0v) is 16.7. The van der Waals surface area contributed by atoms with Gasteiger partial charge in [0.05, 0.1) is 21.2 Å². The zero-order valence-electron chi connectivity index (χ0n) is 14.5. The van der Waals surface area contributed by atoms with E-state index in [1.807, 2.05) is 0 Å². The van der Waals surface area contributed by atoms with Gasteiger partial charge in [-0.25, -0.2) is 9.59 Å². The van der Waals surface area contributed by atoms with Crippen LogP contribution in [-0.2, 0) is 14.2 Å². The van der Waals surface area contributed by atoms with Crippen molar-refractivity contribution in [2.45, 2.75) is 35.5 Å². The fourth-order valence-corrected chi connectivity index (χ4v) is 3.50. The van der Waals surface area contributed by atoms with Crippen molar-refractivity contribution < 1.29 is 28.9 Å². The molecule has 0 saturated carbocycles. The van der Waals surface area contributed by atoms with Crippen molar-refractivity contribution in [3.63, 3.8) is 0 Å². The lowest BCUT2D eigenvalue weighted by molar-refractivity contribution is -0.237. The molecular formula is C20H19IO6. The van der Waals surface area contributed by atoms with Crippen LogP contribution < -0.4 is 0 Å². The van der Waals surface area contributed by atoms with Crippen molar-refractivity contribution in [2.24, 2.45) is 0 Å². The van der Waals surface area contributed by atoms with Crippen molar-refractivity contribution in [3.8, 4) is 0 Å². The van der Waals surface area contributed by atoms with Gasteiger partial charge in [0.1, 0.15) is 0 Å². The molecule has 1 aliphatic rings. The molecule has 0 aromatic heterocycles. The number of rotatable bonds is 4. The molecule has 1 heterocycles. The number of esters is 2. The second kappa shape index (κ2) is 8.81. The Balaban J connectivity index is 1.80. The first-order valence-electron chi connectivity index (χ1n) is 8.47. The van der Waals surface area contributed by atoms with Gasteiger partial charge in [0.25, 0.3) is 0 Å². The minimum absolute atomic E-state index is 0.313. The summed E-state index contributed by atoms with van der Waals surface area (Å²) in [4.78, 5) is 24.9. The number of aliphatic hydroxyl groups excluding tert-OH is 1. The minimum atomic E-state index is -1.40. The van der Waals surface area contributed by atoms with Gasteiger partial charge in [0.15, 0.2) is 18.5 Å². The Bertz CT molecular complexity index is 782. The summed E-state index contributed by atoms with van der Waals surface area (Å²) in [5, 5.41) is 10.3.